The molecule has 3 amide bonds. The van der Waals surface area contributed by atoms with E-state index in [0.717, 1.165) is 63.5 Å². The van der Waals surface area contributed by atoms with Gasteiger partial charge in [0, 0.05) is 62.3 Å². The second-order valence-electron chi connectivity index (χ2n) is 14.6. The van der Waals surface area contributed by atoms with Crippen LogP contribution < -0.4 is 5.32 Å². The molecule has 2 aromatic carbocycles. The van der Waals surface area contributed by atoms with E-state index in [1.54, 1.807) is 4.90 Å². The van der Waals surface area contributed by atoms with Gasteiger partial charge in [0.1, 0.15) is 0 Å². The van der Waals surface area contributed by atoms with Crippen molar-refractivity contribution in [3.63, 3.8) is 0 Å². The summed E-state index contributed by atoms with van der Waals surface area (Å²) in [7, 11) is 8.06. The van der Waals surface area contributed by atoms with E-state index in [0.29, 0.717) is 30.6 Å². The Morgan fingerprint density at radius 1 is 0.848 bits per heavy atom. The lowest BCUT2D eigenvalue weighted by atomic mass is 9.67. The smallest absolute Gasteiger partial charge is 0.319 e. The van der Waals surface area contributed by atoms with Crippen LogP contribution >= 0.6 is 11.6 Å². The average Bonchev–Trinajstić information content (AvgIpc) is 3.07. The molecule has 1 N–H and O–H groups in total. The highest BCUT2D eigenvalue weighted by Crippen LogP contribution is 2.40. The van der Waals surface area contributed by atoms with E-state index < -0.39 is 0 Å². The number of rotatable bonds is 10. The van der Waals surface area contributed by atoms with Gasteiger partial charge in [-0.1, -0.05) is 73.3 Å². The Morgan fingerprint density at radius 2 is 1.46 bits per heavy atom. The molecule has 1 atom stereocenters. The molecular formula is C38H56ClN5O2. The van der Waals surface area contributed by atoms with Crippen LogP contribution in [-0.2, 0) is 16.6 Å². The van der Waals surface area contributed by atoms with Gasteiger partial charge < -0.3 is 24.9 Å². The number of halogens is 1. The monoisotopic (exact) mass is 649 g/mol. The highest BCUT2D eigenvalue weighted by atomic mass is 35.5. The van der Waals surface area contributed by atoms with Crippen LogP contribution in [0.25, 0.3) is 0 Å². The summed E-state index contributed by atoms with van der Waals surface area (Å²) in [6.07, 6.45) is 12.4. The molecule has 0 spiro atoms. The lowest BCUT2D eigenvalue weighted by Gasteiger charge is -2.45. The fraction of sp³-hybridized carbons (Fsp3) is 0.632. The van der Waals surface area contributed by atoms with Crippen molar-refractivity contribution < 1.29 is 9.59 Å². The first kappa shape index (κ1) is 34.7. The minimum Gasteiger partial charge on any atom is -0.341 e. The number of nitrogens with one attached hydrogen (secondary N) is 1. The first-order valence-electron chi connectivity index (χ1n) is 17.6. The number of hydrogen-bond donors (Lipinski definition) is 1. The van der Waals surface area contributed by atoms with Crippen molar-refractivity contribution in [1.29, 1.82) is 0 Å². The molecule has 7 nitrogen and oxygen atoms in total. The largest absolute Gasteiger partial charge is 0.341 e. The maximum absolute atomic E-state index is 14.3. The number of carbonyl (C=O) groups excluding carboxylic acids is 2. The van der Waals surface area contributed by atoms with Crippen molar-refractivity contribution >= 4 is 23.5 Å². The van der Waals surface area contributed by atoms with Gasteiger partial charge in [0.25, 0.3) is 0 Å². The normalized spacial score (nSPS) is 23.7. The standard InChI is InChI=1S/C38H56ClN5O2/c1-41(2)28-38(30-11-7-5-8-12-30)23-19-32(20-24-38)40-35(27-29-15-17-31(39)18-16-29)36(45)43-25-21-34(22-26-43)44(37(46)42(3)4)33-13-9-6-10-14-33/h5,7-8,11-12,15-18,32-35,40H,6,9-10,13-14,19-28H2,1-4H3/t32?,35-,38?/m0/s1. The molecule has 46 heavy (non-hydrogen) atoms. The van der Waals surface area contributed by atoms with E-state index >= 15 is 0 Å². The van der Waals surface area contributed by atoms with E-state index in [1.165, 1.54) is 24.8 Å². The van der Waals surface area contributed by atoms with Crippen molar-refractivity contribution in [1.82, 2.24) is 24.9 Å². The molecule has 0 radical (unpaired) electrons. The van der Waals surface area contributed by atoms with Crippen LogP contribution in [0.15, 0.2) is 54.6 Å². The number of urea groups is 1. The predicted octanol–water partition coefficient (Wildman–Crippen LogP) is 6.59. The summed E-state index contributed by atoms with van der Waals surface area (Å²) < 4.78 is 0. The zero-order valence-electron chi connectivity index (χ0n) is 28.6. The number of benzene rings is 2. The first-order chi connectivity index (χ1) is 22.1. The number of carbonyl (C=O) groups is 2. The van der Waals surface area contributed by atoms with Crippen molar-refractivity contribution in [2.75, 3.05) is 47.8 Å². The van der Waals surface area contributed by atoms with Gasteiger partial charge in [-0.05, 0) is 95.1 Å². The summed E-state index contributed by atoms with van der Waals surface area (Å²) >= 11 is 6.21. The number of nitrogens with zero attached hydrogens (tertiary/aromatic N) is 4. The molecule has 3 aliphatic rings. The number of amides is 3. The Hall–Kier alpha value is -2.61. The van der Waals surface area contributed by atoms with Gasteiger partial charge in [-0.2, -0.15) is 0 Å². The van der Waals surface area contributed by atoms with Gasteiger partial charge in [-0.25, -0.2) is 4.79 Å². The molecule has 252 valence electrons. The summed E-state index contributed by atoms with van der Waals surface area (Å²) in [6.45, 7) is 2.41. The minimum atomic E-state index is -0.293. The van der Waals surface area contributed by atoms with E-state index in [2.05, 4.69) is 64.4 Å². The lowest BCUT2D eigenvalue weighted by molar-refractivity contribution is -0.135. The number of likely N-dealkylation sites (tertiary alicyclic amines) is 1. The molecule has 2 aliphatic carbocycles. The Balaban J connectivity index is 1.27. The molecule has 1 saturated heterocycles. The molecule has 0 bridgehead atoms. The summed E-state index contributed by atoms with van der Waals surface area (Å²) in [6, 6.07) is 19.5. The molecule has 1 heterocycles. The molecule has 0 unspecified atom stereocenters. The van der Waals surface area contributed by atoms with E-state index in [4.69, 9.17) is 11.6 Å². The fourth-order valence-corrected chi connectivity index (χ4v) is 8.54. The zero-order valence-corrected chi connectivity index (χ0v) is 29.4. The van der Waals surface area contributed by atoms with E-state index in [1.807, 2.05) is 38.4 Å². The molecule has 2 aromatic rings. The van der Waals surface area contributed by atoms with Gasteiger partial charge in [0.2, 0.25) is 5.91 Å². The Morgan fingerprint density at radius 3 is 2.04 bits per heavy atom. The second-order valence-corrected chi connectivity index (χ2v) is 15.1. The van der Waals surface area contributed by atoms with Crippen LogP contribution in [0, 0.1) is 0 Å². The van der Waals surface area contributed by atoms with E-state index in [-0.39, 0.29) is 35.5 Å². The topological polar surface area (TPSA) is 59.1 Å². The van der Waals surface area contributed by atoms with E-state index in [9.17, 15) is 9.59 Å². The van der Waals surface area contributed by atoms with Gasteiger partial charge in [0.05, 0.1) is 6.04 Å². The molecule has 1 aliphatic heterocycles. The zero-order chi connectivity index (χ0) is 32.7. The van der Waals surface area contributed by atoms with Crippen molar-refractivity contribution in [3.8, 4) is 0 Å². The SMILES string of the molecule is CN(C)CC1(c2ccccc2)CCC(N[C@@H](Cc2ccc(Cl)cc2)C(=O)N2CCC(N(C(=O)N(C)C)C3CCCCC3)CC2)CC1. The number of hydrogen-bond acceptors (Lipinski definition) is 4. The van der Waals surface area contributed by atoms with Crippen LogP contribution in [0.3, 0.4) is 0 Å². The fourth-order valence-electron chi connectivity index (χ4n) is 8.42. The maximum atomic E-state index is 14.3. The Bertz CT molecular complexity index is 1250. The van der Waals surface area contributed by atoms with Crippen molar-refractivity contribution in [2.45, 2.75) is 107 Å². The first-order valence-corrected chi connectivity index (χ1v) is 18.0. The highest BCUT2D eigenvalue weighted by Gasteiger charge is 2.40. The Kier molecular flexibility index (Phi) is 12.1. The summed E-state index contributed by atoms with van der Waals surface area (Å²) in [5.41, 5.74) is 2.68. The highest BCUT2D eigenvalue weighted by molar-refractivity contribution is 6.30. The molecular weight excluding hydrogens is 594 g/mol. The average molecular weight is 650 g/mol. The van der Waals surface area contributed by atoms with Crippen LogP contribution in [0.4, 0.5) is 4.79 Å². The van der Waals surface area contributed by atoms with Gasteiger partial charge >= 0.3 is 6.03 Å². The number of piperidine rings is 1. The lowest BCUT2D eigenvalue weighted by Crippen LogP contribution is -2.58. The summed E-state index contributed by atoms with van der Waals surface area (Å²) in [5, 5.41) is 4.58. The van der Waals surface area contributed by atoms with Gasteiger partial charge in [-0.3, -0.25) is 4.79 Å². The van der Waals surface area contributed by atoms with Crippen LogP contribution in [0.1, 0.15) is 81.8 Å². The summed E-state index contributed by atoms with van der Waals surface area (Å²) in [4.78, 5) is 35.9. The molecule has 2 saturated carbocycles. The molecule has 8 heteroatoms. The summed E-state index contributed by atoms with van der Waals surface area (Å²) in [5.74, 6) is 0.185. The minimum absolute atomic E-state index is 0.122. The molecule has 0 aromatic heterocycles. The molecule has 3 fully saturated rings. The number of likely N-dealkylation sites (N-methyl/N-ethyl adjacent to an activating group) is 1. The third-order valence-corrected chi connectivity index (χ3v) is 11.0. The maximum Gasteiger partial charge on any atom is 0.319 e. The van der Waals surface area contributed by atoms with Crippen LogP contribution in [-0.4, -0.2) is 104 Å². The van der Waals surface area contributed by atoms with Crippen molar-refractivity contribution in [2.24, 2.45) is 0 Å². The molecule has 5 rings (SSSR count). The Labute approximate surface area is 282 Å². The van der Waals surface area contributed by atoms with Crippen molar-refractivity contribution in [3.05, 3.63) is 70.7 Å². The van der Waals surface area contributed by atoms with Gasteiger partial charge in [0.15, 0.2) is 0 Å². The van der Waals surface area contributed by atoms with Crippen LogP contribution in [0.2, 0.25) is 5.02 Å². The third-order valence-electron chi connectivity index (χ3n) is 10.8. The predicted molar refractivity (Wildman–Crippen MR) is 188 cm³/mol. The third kappa shape index (κ3) is 8.64. The quantitative estimate of drug-likeness (QED) is 0.316. The second kappa shape index (κ2) is 16.0. The van der Waals surface area contributed by atoms with Crippen LogP contribution in [0.5, 0.6) is 0 Å². The van der Waals surface area contributed by atoms with Gasteiger partial charge in [-0.15, -0.1) is 0 Å².